The third-order valence-electron chi connectivity index (χ3n) is 4.40. The predicted molar refractivity (Wildman–Crippen MR) is 80.8 cm³/mol. The first kappa shape index (κ1) is 13.4. The molecule has 3 rings (SSSR count). The minimum atomic E-state index is 0.264. The molecule has 2 heterocycles. The molecular weight excluding hydrogens is 250 g/mol. The number of hydrogen-bond donors (Lipinski definition) is 1. The van der Waals surface area contributed by atoms with Gasteiger partial charge >= 0.3 is 0 Å². The van der Waals surface area contributed by atoms with Crippen LogP contribution in [0, 0.1) is 13.8 Å². The summed E-state index contributed by atoms with van der Waals surface area (Å²) in [5, 5.41) is 0. The molecule has 1 aromatic carbocycles. The zero-order valence-electron chi connectivity index (χ0n) is 12.3. The Kier molecular flexibility index (Phi) is 3.66. The summed E-state index contributed by atoms with van der Waals surface area (Å²) in [6, 6.07) is 6.71. The Morgan fingerprint density at radius 1 is 1.35 bits per heavy atom. The van der Waals surface area contributed by atoms with Gasteiger partial charge in [-0.1, -0.05) is 18.2 Å². The number of benzene rings is 1. The van der Waals surface area contributed by atoms with E-state index in [1.807, 2.05) is 0 Å². The Morgan fingerprint density at radius 3 is 2.75 bits per heavy atom. The predicted octanol–water partition coefficient (Wildman–Crippen LogP) is 2.15. The monoisotopic (exact) mass is 273 g/mol. The maximum absolute atomic E-state index is 6.11. The maximum Gasteiger partial charge on any atom is 0.192 e. The quantitative estimate of drug-likeness (QED) is 0.918. The molecule has 0 spiro atoms. The molecule has 2 aliphatic heterocycles. The molecular formula is C16H23N3O. The van der Waals surface area contributed by atoms with Crippen LogP contribution in [-0.4, -0.2) is 36.7 Å². The van der Waals surface area contributed by atoms with Crippen molar-refractivity contribution in [3.63, 3.8) is 0 Å². The fraction of sp³-hybridized carbons (Fsp3) is 0.562. The summed E-state index contributed by atoms with van der Waals surface area (Å²) in [6.45, 7) is 6.82. The highest BCUT2D eigenvalue weighted by Crippen LogP contribution is 2.31. The lowest BCUT2D eigenvalue weighted by molar-refractivity contribution is 0.0851. The van der Waals surface area contributed by atoms with Gasteiger partial charge in [-0.3, -0.25) is 4.99 Å². The molecule has 0 saturated carbocycles. The lowest BCUT2D eigenvalue weighted by Gasteiger charge is -2.30. The molecule has 0 bridgehead atoms. The first-order chi connectivity index (χ1) is 9.66. The smallest absolute Gasteiger partial charge is 0.192 e. The molecule has 20 heavy (non-hydrogen) atoms. The average Bonchev–Trinajstić information content (AvgIpc) is 3.03. The van der Waals surface area contributed by atoms with Gasteiger partial charge in [0.15, 0.2) is 5.96 Å². The highest BCUT2D eigenvalue weighted by atomic mass is 16.5. The Morgan fingerprint density at radius 2 is 2.10 bits per heavy atom. The first-order valence-electron chi connectivity index (χ1n) is 7.41. The first-order valence-corrected chi connectivity index (χ1v) is 7.41. The van der Waals surface area contributed by atoms with Crippen molar-refractivity contribution in [3.8, 4) is 0 Å². The normalized spacial score (nSPS) is 26.1. The summed E-state index contributed by atoms with van der Waals surface area (Å²) in [4.78, 5) is 6.69. The molecule has 2 N–H and O–H groups in total. The Hall–Kier alpha value is -1.55. The van der Waals surface area contributed by atoms with Crippen molar-refractivity contribution in [2.24, 2.45) is 10.7 Å². The zero-order chi connectivity index (χ0) is 14.1. The summed E-state index contributed by atoms with van der Waals surface area (Å²) in [6.07, 6.45) is 2.58. The third-order valence-corrected chi connectivity index (χ3v) is 4.40. The van der Waals surface area contributed by atoms with Gasteiger partial charge in [-0.2, -0.15) is 0 Å². The minimum absolute atomic E-state index is 0.264. The van der Waals surface area contributed by atoms with Crippen molar-refractivity contribution in [2.75, 3.05) is 19.7 Å². The summed E-state index contributed by atoms with van der Waals surface area (Å²) >= 11 is 0. The van der Waals surface area contributed by atoms with Crippen LogP contribution in [-0.2, 0) is 4.74 Å². The van der Waals surface area contributed by atoms with E-state index in [0.717, 1.165) is 32.5 Å². The number of nitrogens with zero attached hydrogens (tertiary/aromatic N) is 2. The number of nitrogens with two attached hydrogens (primary N) is 1. The van der Waals surface area contributed by atoms with Gasteiger partial charge in [0.1, 0.15) is 0 Å². The Balaban J connectivity index is 1.85. The molecule has 4 heteroatoms. The number of rotatable bonds is 3. The molecule has 1 aromatic rings. The number of ether oxygens (including phenoxy) is 1. The largest absolute Gasteiger partial charge is 0.376 e. The van der Waals surface area contributed by atoms with Crippen LogP contribution in [0.2, 0.25) is 0 Å². The molecule has 2 atom stereocenters. The molecule has 1 fully saturated rings. The van der Waals surface area contributed by atoms with E-state index in [0.29, 0.717) is 12.1 Å². The van der Waals surface area contributed by atoms with Gasteiger partial charge < -0.3 is 15.4 Å². The molecule has 2 aliphatic rings. The topological polar surface area (TPSA) is 50.8 Å². The summed E-state index contributed by atoms with van der Waals surface area (Å²) in [5.41, 5.74) is 10.1. The van der Waals surface area contributed by atoms with Crippen LogP contribution in [0.1, 0.15) is 35.6 Å². The number of aliphatic imine (C=N–C) groups is 1. The third kappa shape index (κ3) is 2.40. The van der Waals surface area contributed by atoms with Gasteiger partial charge in [0.25, 0.3) is 0 Å². The van der Waals surface area contributed by atoms with Crippen LogP contribution in [0.3, 0.4) is 0 Å². The van der Waals surface area contributed by atoms with Crippen LogP contribution in [0.5, 0.6) is 0 Å². The molecule has 0 amide bonds. The van der Waals surface area contributed by atoms with Crippen LogP contribution >= 0.6 is 0 Å². The van der Waals surface area contributed by atoms with Crippen molar-refractivity contribution in [2.45, 2.75) is 38.8 Å². The summed E-state index contributed by atoms with van der Waals surface area (Å²) < 4.78 is 5.76. The van der Waals surface area contributed by atoms with E-state index < -0.39 is 0 Å². The molecule has 0 aliphatic carbocycles. The summed E-state index contributed by atoms with van der Waals surface area (Å²) in [5.74, 6) is 0.660. The van der Waals surface area contributed by atoms with Gasteiger partial charge in [-0.05, 0) is 43.4 Å². The van der Waals surface area contributed by atoms with Gasteiger partial charge in [0.2, 0.25) is 0 Å². The maximum atomic E-state index is 6.11. The van der Waals surface area contributed by atoms with Crippen molar-refractivity contribution in [1.82, 2.24) is 4.90 Å². The van der Waals surface area contributed by atoms with E-state index in [2.05, 4.69) is 41.9 Å². The van der Waals surface area contributed by atoms with E-state index in [1.165, 1.54) is 16.7 Å². The van der Waals surface area contributed by atoms with Gasteiger partial charge in [-0.15, -0.1) is 0 Å². The van der Waals surface area contributed by atoms with E-state index in [1.54, 1.807) is 0 Å². The molecule has 1 saturated heterocycles. The van der Waals surface area contributed by atoms with Gasteiger partial charge in [-0.25, -0.2) is 0 Å². The van der Waals surface area contributed by atoms with E-state index >= 15 is 0 Å². The van der Waals surface area contributed by atoms with Crippen molar-refractivity contribution >= 4 is 5.96 Å². The minimum Gasteiger partial charge on any atom is -0.376 e. The second-order valence-electron chi connectivity index (χ2n) is 5.81. The lowest BCUT2D eigenvalue weighted by Crippen LogP contribution is -2.41. The van der Waals surface area contributed by atoms with Crippen molar-refractivity contribution in [3.05, 3.63) is 34.9 Å². The highest BCUT2D eigenvalue weighted by molar-refractivity contribution is 5.80. The van der Waals surface area contributed by atoms with Gasteiger partial charge in [0.05, 0.1) is 18.7 Å². The molecule has 2 unspecified atom stereocenters. The highest BCUT2D eigenvalue weighted by Gasteiger charge is 2.32. The van der Waals surface area contributed by atoms with E-state index in [4.69, 9.17) is 10.5 Å². The number of guanidine groups is 1. The Labute approximate surface area is 120 Å². The average molecular weight is 273 g/mol. The zero-order valence-corrected chi connectivity index (χ0v) is 12.3. The van der Waals surface area contributed by atoms with Crippen LogP contribution in [0.25, 0.3) is 0 Å². The van der Waals surface area contributed by atoms with Crippen molar-refractivity contribution < 1.29 is 4.74 Å². The number of hydrogen-bond acceptors (Lipinski definition) is 4. The SMILES string of the molecule is Cc1cccc(C)c1C1CN=C(N)N1CC1CCCO1. The second kappa shape index (κ2) is 5.44. The summed E-state index contributed by atoms with van der Waals surface area (Å²) in [7, 11) is 0. The van der Waals surface area contributed by atoms with Crippen LogP contribution in [0.4, 0.5) is 0 Å². The Bertz CT molecular complexity index is 500. The second-order valence-corrected chi connectivity index (χ2v) is 5.81. The van der Waals surface area contributed by atoms with Crippen molar-refractivity contribution in [1.29, 1.82) is 0 Å². The van der Waals surface area contributed by atoms with E-state index in [-0.39, 0.29) is 6.04 Å². The molecule has 0 aromatic heterocycles. The molecule has 108 valence electrons. The fourth-order valence-electron chi connectivity index (χ4n) is 3.36. The standard InChI is InChI=1S/C16H23N3O/c1-11-5-3-6-12(2)15(11)14-9-18-16(17)19(14)10-13-7-4-8-20-13/h3,5-6,13-14H,4,7-10H2,1-2H3,(H2,17,18). The molecule has 4 nitrogen and oxygen atoms in total. The van der Waals surface area contributed by atoms with Crippen LogP contribution < -0.4 is 5.73 Å². The number of aryl methyl sites for hydroxylation is 2. The fourth-order valence-corrected chi connectivity index (χ4v) is 3.36. The van der Waals surface area contributed by atoms with E-state index in [9.17, 15) is 0 Å². The molecule has 0 radical (unpaired) electrons. The lowest BCUT2D eigenvalue weighted by atomic mass is 9.95. The van der Waals surface area contributed by atoms with Gasteiger partial charge in [0, 0.05) is 13.2 Å². The van der Waals surface area contributed by atoms with Crippen LogP contribution in [0.15, 0.2) is 23.2 Å².